The summed E-state index contributed by atoms with van der Waals surface area (Å²) in [6, 6.07) is 8.28. The Kier molecular flexibility index (Phi) is 4.12. The van der Waals surface area contributed by atoms with Crippen LogP contribution in [0.25, 0.3) is 5.65 Å². The number of hydrogen-bond acceptors (Lipinski definition) is 6. The molecule has 0 radical (unpaired) electrons. The first-order valence-electron chi connectivity index (χ1n) is 9.42. The number of para-hydroxylation sites is 1. The maximum atomic E-state index is 13.9. The van der Waals surface area contributed by atoms with Crippen molar-refractivity contribution in [2.24, 2.45) is 0 Å². The SMILES string of the molecule is Cc1c(N2CCc3ncc(Oc4ccccc4F)cc3C2)nn2cnnc2c1C. The fourth-order valence-corrected chi connectivity index (χ4v) is 3.66. The molecule has 0 atom stereocenters. The van der Waals surface area contributed by atoms with Gasteiger partial charge in [0, 0.05) is 36.3 Å². The highest BCUT2D eigenvalue weighted by atomic mass is 19.1. The summed E-state index contributed by atoms with van der Waals surface area (Å²) >= 11 is 0. The molecule has 1 aromatic carbocycles. The first-order chi connectivity index (χ1) is 14.1. The molecule has 0 spiro atoms. The summed E-state index contributed by atoms with van der Waals surface area (Å²) in [5.41, 5.74) is 4.99. The molecule has 0 saturated carbocycles. The average molecular weight is 390 g/mol. The monoisotopic (exact) mass is 390 g/mol. The van der Waals surface area contributed by atoms with Gasteiger partial charge in [-0.15, -0.1) is 15.3 Å². The van der Waals surface area contributed by atoms with E-state index < -0.39 is 5.82 Å². The Morgan fingerprint density at radius 2 is 2.00 bits per heavy atom. The van der Waals surface area contributed by atoms with Crippen LogP contribution in [0.2, 0.25) is 0 Å². The summed E-state index contributed by atoms with van der Waals surface area (Å²) in [6.45, 7) is 5.55. The molecule has 0 saturated heterocycles. The van der Waals surface area contributed by atoms with Gasteiger partial charge in [0.2, 0.25) is 0 Å². The summed E-state index contributed by atoms with van der Waals surface area (Å²) in [6.07, 6.45) is 4.07. The van der Waals surface area contributed by atoms with Crippen LogP contribution in [0.15, 0.2) is 42.9 Å². The Bertz CT molecular complexity index is 1220. The molecule has 1 aliphatic heterocycles. The topological polar surface area (TPSA) is 68.4 Å². The van der Waals surface area contributed by atoms with Gasteiger partial charge in [-0.1, -0.05) is 12.1 Å². The van der Waals surface area contributed by atoms with Gasteiger partial charge in [-0.25, -0.2) is 4.39 Å². The van der Waals surface area contributed by atoms with E-state index in [9.17, 15) is 4.39 Å². The number of pyridine rings is 1. The zero-order valence-corrected chi connectivity index (χ0v) is 16.1. The molecule has 5 rings (SSSR count). The number of hydrogen-bond donors (Lipinski definition) is 0. The van der Waals surface area contributed by atoms with Crippen LogP contribution in [-0.2, 0) is 13.0 Å². The molecule has 0 amide bonds. The zero-order valence-electron chi connectivity index (χ0n) is 16.1. The van der Waals surface area contributed by atoms with E-state index in [1.165, 1.54) is 6.07 Å². The third-order valence-electron chi connectivity index (χ3n) is 5.34. The molecular weight excluding hydrogens is 371 g/mol. The van der Waals surface area contributed by atoms with Crippen molar-refractivity contribution in [3.05, 3.63) is 71.1 Å². The Hall–Kier alpha value is -3.55. The molecule has 1 aliphatic rings. The first kappa shape index (κ1) is 17.5. The number of ether oxygens (including phenoxy) is 1. The van der Waals surface area contributed by atoms with Crippen molar-refractivity contribution in [2.75, 3.05) is 11.4 Å². The smallest absolute Gasteiger partial charge is 0.180 e. The van der Waals surface area contributed by atoms with E-state index in [0.717, 1.165) is 46.8 Å². The highest BCUT2D eigenvalue weighted by Gasteiger charge is 2.23. The number of benzene rings is 1. The van der Waals surface area contributed by atoms with Crippen LogP contribution < -0.4 is 9.64 Å². The maximum Gasteiger partial charge on any atom is 0.180 e. The van der Waals surface area contributed by atoms with Crippen LogP contribution in [0, 0.1) is 19.7 Å². The molecule has 3 aromatic heterocycles. The normalized spacial score (nSPS) is 13.6. The van der Waals surface area contributed by atoms with Crippen LogP contribution in [0.3, 0.4) is 0 Å². The van der Waals surface area contributed by atoms with Crippen molar-refractivity contribution < 1.29 is 9.13 Å². The molecule has 0 bridgehead atoms. The molecule has 0 aliphatic carbocycles. The van der Waals surface area contributed by atoms with E-state index >= 15 is 0 Å². The first-order valence-corrected chi connectivity index (χ1v) is 9.42. The van der Waals surface area contributed by atoms with E-state index in [2.05, 4.69) is 27.0 Å². The van der Waals surface area contributed by atoms with Crippen molar-refractivity contribution >= 4 is 11.5 Å². The van der Waals surface area contributed by atoms with E-state index in [1.807, 2.05) is 13.0 Å². The summed E-state index contributed by atoms with van der Waals surface area (Å²) in [4.78, 5) is 6.76. The standard InChI is InChI=1S/C21H19FN6O/c1-13-14(2)21(26-28-12-24-25-20(13)28)27-8-7-18-15(11-27)9-16(10-23-18)29-19-6-4-3-5-17(19)22/h3-6,9-10,12H,7-8,11H2,1-2H3. The van der Waals surface area contributed by atoms with Crippen LogP contribution >= 0.6 is 0 Å². The zero-order chi connectivity index (χ0) is 20.0. The van der Waals surface area contributed by atoms with Crippen LogP contribution in [0.1, 0.15) is 22.4 Å². The third-order valence-corrected chi connectivity index (χ3v) is 5.34. The highest BCUT2D eigenvalue weighted by Crippen LogP contribution is 2.30. The summed E-state index contributed by atoms with van der Waals surface area (Å²) in [7, 11) is 0. The van der Waals surface area contributed by atoms with Gasteiger partial charge in [0.15, 0.2) is 23.0 Å². The molecule has 29 heavy (non-hydrogen) atoms. The second-order valence-corrected chi connectivity index (χ2v) is 7.15. The fraction of sp³-hybridized carbons (Fsp3) is 0.238. The maximum absolute atomic E-state index is 13.9. The van der Waals surface area contributed by atoms with Crippen LogP contribution in [0.4, 0.5) is 10.2 Å². The van der Waals surface area contributed by atoms with Crippen molar-refractivity contribution in [1.29, 1.82) is 0 Å². The summed E-state index contributed by atoms with van der Waals surface area (Å²) < 4.78 is 21.3. The van der Waals surface area contributed by atoms with Crippen molar-refractivity contribution in [1.82, 2.24) is 24.8 Å². The third kappa shape index (κ3) is 3.06. The molecule has 4 aromatic rings. The van der Waals surface area contributed by atoms with Gasteiger partial charge in [0.05, 0.1) is 6.20 Å². The second-order valence-electron chi connectivity index (χ2n) is 7.15. The predicted molar refractivity (Wildman–Crippen MR) is 106 cm³/mol. The fourth-order valence-electron chi connectivity index (χ4n) is 3.66. The molecule has 0 fully saturated rings. The van der Waals surface area contributed by atoms with E-state index in [4.69, 9.17) is 9.84 Å². The van der Waals surface area contributed by atoms with Gasteiger partial charge in [0.25, 0.3) is 0 Å². The van der Waals surface area contributed by atoms with Crippen molar-refractivity contribution in [3.63, 3.8) is 0 Å². The number of halogens is 1. The van der Waals surface area contributed by atoms with Gasteiger partial charge < -0.3 is 9.64 Å². The Balaban J connectivity index is 1.46. The average Bonchev–Trinajstić information content (AvgIpc) is 3.21. The lowest BCUT2D eigenvalue weighted by atomic mass is 10.0. The van der Waals surface area contributed by atoms with Crippen LogP contribution in [0.5, 0.6) is 11.5 Å². The molecule has 7 nitrogen and oxygen atoms in total. The highest BCUT2D eigenvalue weighted by molar-refractivity contribution is 5.59. The number of nitrogens with zero attached hydrogens (tertiary/aromatic N) is 6. The minimum Gasteiger partial charge on any atom is -0.453 e. The van der Waals surface area contributed by atoms with Crippen LogP contribution in [-0.4, -0.2) is 31.3 Å². The Labute approximate surface area is 166 Å². The lowest BCUT2D eigenvalue weighted by molar-refractivity contribution is 0.439. The summed E-state index contributed by atoms with van der Waals surface area (Å²) in [5.74, 6) is 1.21. The van der Waals surface area contributed by atoms with Crippen molar-refractivity contribution in [3.8, 4) is 11.5 Å². The number of aromatic nitrogens is 5. The van der Waals surface area contributed by atoms with Gasteiger partial charge in [-0.3, -0.25) is 4.98 Å². The second kappa shape index (κ2) is 6.80. The lowest BCUT2D eigenvalue weighted by Gasteiger charge is -2.30. The number of aryl methyl sites for hydroxylation is 1. The molecular formula is C21H19FN6O. The van der Waals surface area contributed by atoms with Crippen molar-refractivity contribution in [2.45, 2.75) is 26.8 Å². The molecule has 0 N–H and O–H groups in total. The lowest BCUT2D eigenvalue weighted by Crippen LogP contribution is -2.32. The number of rotatable bonds is 3. The van der Waals surface area contributed by atoms with Gasteiger partial charge in [-0.05, 0) is 37.6 Å². The minimum atomic E-state index is -0.399. The summed E-state index contributed by atoms with van der Waals surface area (Å²) in [5, 5.41) is 12.8. The quantitative estimate of drug-likeness (QED) is 0.532. The van der Waals surface area contributed by atoms with E-state index in [0.29, 0.717) is 12.3 Å². The molecule has 146 valence electrons. The minimum absolute atomic E-state index is 0.188. The predicted octanol–water partition coefficient (Wildman–Crippen LogP) is 3.63. The largest absolute Gasteiger partial charge is 0.453 e. The Morgan fingerprint density at radius 3 is 2.86 bits per heavy atom. The van der Waals surface area contributed by atoms with E-state index in [1.54, 1.807) is 35.2 Å². The van der Waals surface area contributed by atoms with Gasteiger partial charge in [0.1, 0.15) is 12.1 Å². The number of anilines is 1. The number of fused-ring (bicyclic) bond motifs is 2. The van der Waals surface area contributed by atoms with Gasteiger partial charge >= 0.3 is 0 Å². The molecule has 8 heteroatoms. The van der Waals surface area contributed by atoms with E-state index in [-0.39, 0.29) is 5.75 Å². The molecule has 0 unspecified atom stereocenters. The molecule has 4 heterocycles. The Morgan fingerprint density at radius 1 is 1.14 bits per heavy atom. The van der Waals surface area contributed by atoms with Gasteiger partial charge in [-0.2, -0.15) is 4.52 Å².